The normalized spacial score (nSPS) is 23.5. The molecule has 2 rings (SSSR count). The number of carboxylic acid groups (broad SMARTS) is 1. The van der Waals surface area contributed by atoms with Gasteiger partial charge in [0.25, 0.3) is 0 Å². The first-order valence-electron chi connectivity index (χ1n) is 5.54. The molecule has 0 amide bonds. The summed E-state index contributed by atoms with van der Waals surface area (Å²) in [5.41, 5.74) is 0. The number of nitrogens with one attached hydrogen (secondary N) is 1. The first-order valence-corrected chi connectivity index (χ1v) is 7.15. The van der Waals surface area contributed by atoms with Crippen LogP contribution in [0, 0.1) is 0 Å². The van der Waals surface area contributed by atoms with Crippen molar-refractivity contribution in [2.75, 3.05) is 19.6 Å². The lowest BCUT2D eigenvalue weighted by atomic mass is 10.1. The molecule has 0 saturated carbocycles. The summed E-state index contributed by atoms with van der Waals surface area (Å²) >= 11 is 5.10. The molecule has 0 spiro atoms. The Bertz CT molecular complexity index is 410. The summed E-state index contributed by atoms with van der Waals surface area (Å²) in [6.07, 6.45) is 0. The average molecular weight is 319 g/mol. The van der Waals surface area contributed by atoms with Crippen molar-refractivity contribution in [3.8, 4) is 0 Å². The molecule has 17 heavy (non-hydrogen) atoms. The third kappa shape index (κ3) is 2.88. The van der Waals surface area contributed by atoms with Crippen molar-refractivity contribution in [2.45, 2.75) is 19.0 Å². The number of carboxylic acids is 1. The number of hydrogen-bond acceptors (Lipinski definition) is 4. The molecule has 0 aliphatic carbocycles. The van der Waals surface area contributed by atoms with Crippen molar-refractivity contribution >= 4 is 33.2 Å². The Morgan fingerprint density at radius 1 is 1.71 bits per heavy atom. The molecule has 2 unspecified atom stereocenters. The number of nitrogens with zero attached hydrogens (tertiary/aromatic N) is 1. The Morgan fingerprint density at radius 2 is 2.47 bits per heavy atom. The molecule has 1 aliphatic rings. The molecule has 1 aliphatic heterocycles. The van der Waals surface area contributed by atoms with Crippen molar-refractivity contribution in [1.82, 2.24) is 10.2 Å². The molecule has 6 heteroatoms. The topological polar surface area (TPSA) is 52.6 Å². The third-order valence-electron chi connectivity index (χ3n) is 3.07. The number of aliphatic carboxylic acids is 1. The van der Waals surface area contributed by atoms with Crippen LogP contribution in [-0.2, 0) is 4.79 Å². The number of thiophene rings is 1. The Labute approximate surface area is 113 Å². The maximum Gasteiger partial charge on any atom is 0.322 e. The molecular formula is C11H15BrN2O2S. The van der Waals surface area contributed by atoms with E-state index in [1.54, 1.807) is 11.3 Å². The van der Waals surface area contributed by atoms with E-state index in [0.29, 0.717) is 6.54 Å². The molecule has 94 valence electrons. The predicted molar refractivity (Wildman–Crippen MR) is 71.4 cm³/mol. The van der Waals surface area contributed by atoms with Crippen LogP contribution in [0.4, 0.5) is 0 Å². The van der Waals surface area contributed by atoms with Gasteiger partial charge >= 0.3 is 5.97 Å². The Balaban J connectivity index is 2.16. The Morgan fingerprint density at radius 3 is 3.06 bits per heavy atom. The maximum atomic E-state index is 11.2. The maximum absolute atomic E-state index is 11.2. The SMILES string of the molecule is CC(c1ccc(Br)s1)N1CCNCC1C(=O)O. The zero-order chi connectivity index (χ0) is 12.4. The number of halogens is 1. The summed E-state index contributed by atoms with van der Waals surface area (Å²) in [7, 11) is 0. The smallest absolute Gasteiger partial charge is 0.322 e. The van der Waals surface area contributed by atoms with Gasteiger partial charge in [-0.1, -0.05) is 0 Å². The summed E-state index contributed by atoms with van der Waals surface area (Å²) in [6.45, 7) is 4.21. The zero-order valence-corrected chi connectivity index (χ0v) is 11.9. The minimum Gasteiger partial charge on any atom is -0.480 e. The Hall–Kier alpha value is -0.430. The minimum atomic E-state index is -0.750. The molecule has 0 radical (unpaired) electrons. The van der Waals surface area contributed by atoms with Gasteiger partial charge in [-0.25, -0.2) is 0 Å². The molecule has 2 atom stereocenters. The van der Waals surface area contributed by atoms with Crippen LogP contribution in [0.1, 0.15) is 17.8 Å². The van der Waals surface area contributed by atoms with E-state index < -0.39 is 12.0 Å². The van der Waals surface area contributed by atoms with E-state index in [4.69, 9.17) is 0 Å². The highest BCUT2D eigenvalue weighted by molar-refractivity contribution is 9.11. The summed E-state index contributed by atoms with van der Waals surface area (Å²) in [4.78, 5) is 14.5. The van der Waals surface area contributed by atoms with Gasteiger partial charge < -0.3 is 10.4 Å². The van der Waals surface area contributed by atoms with Crippen LogP contribution >= 0.6 is 27.3 Å². The zero-order valence-electron chi connectivity index (χ0n) is 9.52. The highest BCUT2D eigenvalue weighted by atomic mass is 79.9. The highest BCUT2D eigenvalue weighted by Crippen LogP contribution is 2.31. The fraction of sp³-hybridized carbons (Fsp3) is 0.545. The third-order valence-corrected chi connectivity index (χ3v) is 4.87. The summed E-state index contributed by atoms with van der Waals surface area (Å²) < 4.78 is 1.08. The van der Waals surface area contributed by atoms with E-state index in [1.165, 1.54) is 4.88 Å². The monoisotopic (exact) mass is 318 g/mol. The van der Waals surface area contributed by atoms with Crippen LogP contribution in [0.2, 0.25) is 0 Å². The van der Waals surface area contributed by atoms with Gasteiger partial charge in [-0.2, -0.15) is 0 Å². The lowest BCUT2D eigenvalue weighted by molar-refractivity contribution is -0.145. The largest absolute Gasteiger partial charge is 0.480 e. The van der Waals surface area contributed by atoms with E-state index in [1.807, 2.05) is 6.07 Å². The predicted octanol–water partition coefficient (Wildman–Crippen LogP) is 1.93. The van der Waals surface area contributed by atoms with Gasteiger partial charge in [-0.3, -0.25) is 9.69 Å². The van der Waals surface area contributed by atoms with Crippen molar-refractivity contribution in [3.05, 3.63) is 20.8 Å². The van der Waals surface area contributed by atoms with Crippen molar-refractivity contribution in [3.63, 3.8) is 0 Å². The first-order chi connectivity index (χ1) is 8.09. The van der Waals surface area contributed by atoms with Gasteiger partial charge in [0.05, 0.1) is 3.79 Å². The van der Waals surface area contributed by atoms with Crippen molar-refractivity contribution in [2.24, 2.45) is 0 Å². The summed E-state index contributed by atoms with van der Waals surface area (Å²) in [5, 5.41) is 12.4. The lowest BCUT2D eigenvalue weighted by Gasteiger charge is -2.37. The molecule has 1 saturated heterocycles. The first kappa shape index (κ1) is 13.0. The van der Waals surface area contributed by atoms with Gasteiger partial charge in [0.15, 0.2) is 0 Å². The second-order valence-corrected chi connectivity index (χ2v) is 6.61. The fourth-order valence-electron chi connectivity index (χ4n) is 2.13. The standard InChI is InChI=1S/C11H15BrN2O2S/c1-7(9-2-3-10(12)17-9)14-5-4-13-6-8(14)11(15)16/h2-3,7-8,13H,4-6H2,1H3,(H,15,16). The molecule has 0 aromatic carbocycles. The molecule has 1 aromatic rings. The number of rotatable bonds is 3. The Kier molecular flexibility index (Phi) is 4.19. The van der Waals surface area contributed by atoms with Crippen LogP contribution in [0.15, 0.2) is 15.9 Å². The van der Waals surface area contributed by atoms with Gasteiger partial charge in [0.2, 0.25) is 0 Å². The van der Waals surface area contributed by atoms with Gasteiger partial charge in [0, 0.05) is 30.6 Å². The van der Waals surface area contributed by atoms with Crippen LogP contribution in [0.25, 0.3) is 0 Å². The van der Waals surface area contributed by atoms with Crippen LogP contribution in [-0.4, -0.2) is 41.7 Å². The molecule has 0 bridgehead atoms. The fourth-order valence-corrected chi connectivity index (χ4v) is 3.63. The van der Waals surface area contributed by atoms with E-state index in [2.05, 4.69) is 39.1 Å². The molecule has 2 N–H and O–H groups in total. The number of carbonyl (C=O) groups is 1. The summed E-state index contributed by atoms with van der Waals surface area (Å²) in [5.74, 6) is -0.750. The number of hydrogen-bond donors (Lipinski definition) is 2. The van der Waals surface area contributed by atoms with Gasteiger partial charge in [-0.15, -0.1) is 11.3 Å². The van der Waals surface area contributed by atoms with E-state index >= 15 is 0 Å². The minimum absolute atomic E-state index is 0.148. The van der Waals surface area contributed by atoms with E-state index in [-0.39, 0.29) is 6.04 Å². The van der Waals surface area contributed by atoms with Gasteiger partial charge in [-0.05, 0) is 35.0 Å². The highest BCUT2D eigenvalue weighted by Gasteiger charge is 2.32. The molecular weight excluding hydrogens is 304 g/mol. The van der Waals surface area contributed by atoms with Gasteiger partial charge in [0.1, 0.15) is 6.04 Å². The molecule has 4 nitrogen and oxygen atoms in total. The van der Waals surface area contributed by atoms with Crippen molar-refractivity contribution in [1.29, 1.82) is 0 Å². The number of piperazine rings is 1. The van der Waals surface area contributed by atoms with Crippen LogP contribution in [0.5, 0.6) is 0 Å². The quantitative estimate of drug-likeness (QED) is 0.894. The van der Waals surface area contributed by atoms with E-state index in [0.717, 1.165) is 16.9 Å². The van der Waals surface area contributed by atoms with E-state index in [9.17, 15) is 9.90 Å². The molecule has 2 heterocycles. The second kappa shape index (κ2) is 5.48. The van der Waals surface area contributed by atoms with Crippen molar-refractivity contribution < 1.29 is 9.90 Å². The average Bonchev–Trinajstić information content (AvgIpc) is 2.75. The van der Waals surface area contributed by atoms with Crippen LogP contribution < -0.4 is 5.32 Å². The van der Waals surface area contributed by atoms with Crippen LogP contribution in [0.3, 0.4) is 0 Å². The molecule has 1 aromatic heterocycles. The second-order valence-electron chi connectivity index (χ2n) is 4.11. The lowest BCUT2D eigenvalue weighted by Crippen LogP contribution is -2.55. The molecule has 1 fully saturated rings. The summed E-state index contributed by atoms with van der Waals surface area (Å²) in [6, 6.07) is 3.78.